The van der Waals surface area contributed by atoms with Gasteiger partial charge in [-0.25, -0.2) is 0 Å². The number of carbonyl (C=O) groups is 3. The van der Waals surface area contributed by atoms with Crippen LogP contribution in [0.3, 0.4) is 0 Å². The largest absolute Gasteiger partial charge is 0.457 e. The van der Waals surface area contributed by atoms with E-state index in [4.69, 9.17) is 32.7 Å². The summed E-state index contributed by atoms with van der Waals surface area (Å²) >= 11 is 11.8. The molecule has 7 heteroatoms. The second kappa shape index (κ2) is 13.7. The topological polar surface area (TPSA) is 69.7 Å². The van der Waals surface area contributed by atoms with E-state index in [0.717, 1.165) is 0 Å². The van der Waals surface area contributed by atoms with E-state index in [0.29, 0.717) is 66.4 Å². The molecular weight excluding hydrogens is 619 g/mol. The normalized spacial score (nSPS) is 10.7. The molecule has 6 aromatic carbocycles. The van der Waals surface area contributed by atoms with Gasteiger partial charge in [0, 0.05) is 43.4 Å². The summed E-state index contributed by atoms with van der Waals surface area (Å²) in [7, 11) is 0. The Morgan fingerprint density at radius 3 is 0.674 bits per heavy atom. The Bertz CT molecular complexity index is 1850. The van der Waals surface area contributed by atoms with Crippen LogP contribution in [0.15, 0.2) is 146 Å². The van der Waals surface area contributed by atoms with Crippen molar-refractivity contribution in [1.29, 1.82) is 0 Å². The van der Waals surface area contributed by atoms with Gasteiger partial charge in [-0.2, -0.15) is 0 Å². The van der Waals surface area contributed by atoms with E-state index < -0.39 is 0 Å². The van der Waals surface area contributed by atoms with Crippen molar-refractivity contribution in [2.24, 2.45) is 0 Å². The Labute approximate surface area is 275 Å². The summed E-state index contributed by atoms with van der Waals surface area (Å²) in [4.78, 5) is 38.5. The molecule has 0 aliphatic rings. The fraction of sp³-hybridized carbons (Fsp3) is 0. The summed E-state index contributed by atoms with van der Waals surface area (Å²) < 4.78 is 11.8. The molecule has 0 radical (unpaired) electrons. The van der Waals surface area contributed by atoms with Crippen molar-refractivity contribution in [2.75, 3.05) is 0 Å². The molecular formula is C39H24Cl2O5. The van der Waals surface area contributed by atoms with Gasteiger partial charge in [-0.1, -0.05) is 23.2 Å². The van der Waals surface area contributed by atoms with Gasteiger partial charge in [0.15, 0.2) is 17.3 Å². The number of hydrogen-bond donors (Lipinski definition) is 0. The van der Waals surface area contributed by atoms with Crippen LogP contribution < -0.4 is 9.47 Å². The average Bonchev–Trinajstić information content (AvgIpc) is 3.09. The van der Waals surface area contributed by atoms with Gasteiger partial charge < -0.3 is 9.47 Å². The van der Waals surface area contributed by atoms with Gasteiger partial charge in [-0.05, 0) is 146 Å². The van der Waals surface area contributed by atoms with Crippen LogP contribution >= 0.6 is 23.2 Å². The maximum atomic E-state index is 13.1. The van der Waals surface area contributed by atoms with Crippen LogP contribution in [0.5, 0.6) is 23.0 Å². The summed E-state index contributed by atoms with van der Waals surface area (Å²) in [6.07, 6.45) is 0. The highest BCUT2D eigenvalue weighted by Crippen LogP contribution is 2.26. The summed E-state index contributed by atoms with van der Waals surface area (Å²) in [5.41, 5.74) is 3.18. The maximum Gasteiger partial charge on any atom is 0.193 e. The quantitative estimate of drug-likeness (QED) is 0.139. The molecule has 0 saturated heterocycles. The number of benzene rings is 6. The minimum atomic E-state index is -0.145. The van der Waals surface area contributed by atoms with Crippen molar-refractivity contribution >= 4 is 40.6 Å². The Balaban J connectivity index is 1.04. The number of rotatable bonds is 10. The lowest BCUT2D eigenvalue weighted by molar-refractivity contribution is 0.103. The zero-order valence-corrected chi connectivity index (χ0v) is 25.7. The first-order valence-electron chi connectivity index (χ1n) is 14.2. The summed E-state index contributed by atoms with van der Waals surface area (Å²) in [6, 6.07) is 40.9. The van der Waals surface area contributed by atoms with Gasteiger partial charge in [0.1, 0.15) is 23.0 Å². The highest BCUT2D eigenvalue weighted by molar-refractivity contribution is 6.31. The average molecular weight is 644 g/mol. The minimum absolute atomic E-state index is 0.108. The summed E-state index contributed by atoms with van der Waals surface area (Å²) in [6.45, 7) is 0. The van der Waals surface area contributed by atoms with Gasteiger partial charge in [0.25, 0.3) is 0 Å². The first-order chi connectivity index (χ1) is 22.3. The van der Waals surface area contributed by atoms with Gasteiger partial charge in [0.05, 0.1) is 0 Å². The molecule has 0 heterocycles. The number of carbonyl (C=O) groups excluding carboxylic acids is 3. The molecule has 6 rings (SSSR count). The number of ketones is 3. The smallest absolute Gasteiger partial charge is 0.193 e. The monoisotopic (exact) mass is 642 g/mol. The van der Waals surface area contributed by atoms with Crippen LogP contribution in [0.2, 0.25) is 10.0 Å². The lowest BCUT2D eigenvalue weighted by atomic mass is 10.0. The van der Waals surface area contributed by atoms with Gasteiger partial charge in [-0.15, -0.1) is 0 Å². The summed E-state index contributed by atoms with van der Waals surface area (Å²) in [5, 5.41) is 1.14. The molecule has 0 saturated carbocycles. The first kappa shape index (κ1) is 30.5. The van der Waals surface area contributed by atoms with Crippen LogP contribution in [0.1, 0.15) is 47.8 Å². The zero-order valence-electron chi connectivity index (χ0n) is 24.2. The highest BCUT2D eigenvalue weighted by atomic mass is 35.5. The molecule has 224 valence electrons. The Kier molecular flexibility index (Phi) is 9.06. The molecule has 0 bridgehead atoms. The van der Waals surface area contributed by atoms with Crippen LogP contribution in [0.25, 0.3) is 0 Å². The van der Waals surface area contributed by atoms with E-state index in [1.165, 1.54) is 0 Å². The highest BCUT2D eigenvalue weighted by Gasteiger charge is 2.13. The van der Waals surface area contributed by atoms with Crippen LogP contribution in [-0.4, -0.2) is 17.3 Å². The van der Waals surface area contributed by atoms with Crippen molar-refractivity contribution < 1.29 is 23.9 Å². The van der Waals surface area contributed by atoms with Gasteiger partial charge >= 0.3 is 0 Å². The molecule has 46 heavy (non-hydrogen) atoms. The second-order valence-electron chi connectivity index (χ2n) is 10.3. The number of ether oxygens (including phenoxy) is 2. The molecule has 0 unspecified atom stereocenters. The van der Waals surface area contributed by atoms with Crippen molar-refractivity contribution in [2.45, 2.75) is 0 Å². The predicted molar refractivity (Wildman–Crippen MR) is 179 cm³/mol. The van der Waals surface area contributed by atoms with E-state index in [2.05, 4.69) is 0 Å². The van der Waals surface area contributed by atoms with E-state index in [1.54, 1.807) is 146 Å². The molecule has 0 atom stereocenters. The van der Waals surface area contributed by atoms with Crippen molar-refractivity contribution in [3.8, 4) is 23.0 Å². The Morgan fingerprint density at radius 2 is 0.478 bits per heavy atom. The molecule has 0 aliphatic carbocycles. The molecule has 5 nitrogen and oxygen atoms in total. The van der Waals surface area contributed by atoms with Crippen molar-refractivity contribution in [3.63, 3.8) is 0 Å². The third kappa shape index (κ3) is 7.24. The SMILES string of the molecule is O=C(c1ccc(Cl)cc1)c1ccc(Oc2ccc(C(=O)c3ccc(Oc4ccc(C(=O)c5ccc(Cl)cc5)cc4)cc3)cc2)cc1. The maximum absolute atomic E-state index is 13.1. The standard InChI is InChI=1S/C39H24Cl2O5/c40-31-13-1-25(2-14-31)37(42)27-5-17-33(18-6-27)45-35-21-9-29(10-22-35)39(44)30-11-23-36(24-12-30)46-34-19-7-28(8-20-34)38(43)26-3-15-32(41)16-4-26/h1-24H. The van der Waals surface area contributed by atoms with Crippen LogP contribution in [0, 0.1) is 0 Å². The summed E-state index contributed by atoms with van der Waals surface area (Å²) in [5.74, 6) is 1.87. The zero-order chi connectivity index (χ0) is 32.0. The van der Waals surface area contributed by atoms with Crippen LogP contribution in [-0.2, 0) is 0 Å². The Morgan fingerprint density at radius 1 is 0.304 bits per heavy atom. The minimum Gasteiger partial charge on any atom is -0.457 e. The molecule has 6 aromatic rings. The van der Waals surface area contributed by atoms with Crippen LogP contribution in [0.4, 0.5) is 0 Å². The fourth-order valence-corrected chi connectivity index (χ4v) is 4.92. The predicted octanol–water partition coefficient (Wildman–Crippen LogP) is 10.3. The fourth-order valence-electron chi connectivity index (χ4n) is 4.67. The van der Waals surface area contributed by atoms with Crippen molar-refractivity contribution in [3.05, 3.63) is 189 Å². The van der Waals surface area contributed by atoms with E-state index in [9.17, 15) is 14.4 Å². The second-order valence-corrected chi connectivity index (χ2v) is 11.2. The number of halogens is 2. The van der Waals surface area contributed by atoms with E-state index in [1.807, 2.05) is 0 Å². The first-order valence-corrected chi connectivity index (χ1v) is 15.0. The lowest BCUT2D eigenvalue weighted by Crippen LogP contribution is -2.01. The molecule has 0 spiro atoms. The third-order valence-corrected chi connectivity index (χ3v) is 7.65. The Hall–Kier alpha value is -5.49. The van der Waals surface area contributed by atoms with E-state index in [-0.39, 0.29) is 17.3 Å². The molecule has 0 amide bonds. The molecule has 0 aromatic heterocycles. The molecule has 0 aliphatic heterocycles. The number of hydrogen-bond acceptors (Lipinski definition) is 5. The van der Waals surface area contributed by atoms with E-state index >= 15 is 0 Å². The third-order valence-electron chi connectivity index (χ3n) is 7.15. The molecule has 0 N–H and O–H groups in total. The lowest BCUT2D eigenvalue weighted by Gasteiger charge is -2.09. The van der Waals surface area contributed by atoms with Gasteiger partial charge in [0.2, 0.25) is 0 Å². The van der Waals surface area contributed by atoms with Gasteiger partial charge in [-0.3, -0.25) is 14.4 Å². The molecule has 0 fully saturated rings. The van der Waals surface area contributed by atoms with Crippen molar-refractivity contribution in [1.82, 2.24) is 0 Å².